The number of carbonyl (C=O) groups is 1. The zero-order valence-corrected chi connectivity index (χ0v) is 16.4. The molecule has 0 spiro atoms. The Bertz CT molecular complexity index is 990. The molecule has 146 valence electrons. The average Bonchev–Trinajstić information content (AvgIpc) is 3.16. The number of rotatable bonds is 2. The summed E-state index contributed by atoms with van der Waals surface area (Å²) in [6, 6.07) is 14.3. The number of carbonyl (C=O) groups excluding carboxylic acids is 1. The average molecular weight is 379 g/mol. The number of fused-ring (bicyclic) bond motifs is 1. The summed E-state index contributed by atoms with van der Waals surface area (Å²) in [5, 5.41) is 2.37. The quantitative estimate of drug-likeness (QED) is 0.710. The van der Waals surface area contributed by atoms with Crippen LogP contribution in [0.1, 0.15) is 32.6 Å². The predicted octanol–water partition coefficient (Wildman–Crippen LogP) is 4.54. The van der Waals surface area contributed by atoms with Gasteiger partial charge in [0.15, 0.2) is 0 Å². The molecule has 2 aromatic carbocycles. The molecule has 6 nitrogen and oxygen atoms in total. The lowest BCUT2D eigenvalue weighted by Gasteiger charge is -2.35. The van der Waals surface area contributed by atoms with Crippen molar-refractivity contribution in [1.29, 1.82) is 0 Å². The van der Waals surface area contributed by atoms with E-state index in [1.807, 2.05) is 32.9 Å². The summed E-state index contributed by atoms with van der Waals surface area (Å²) in [6.07, 6.45) is 1.46. The maximum atomic E-state index is 12.6. The maximum Gasteiger partial charge on any atom is 0.411 e. The standard InChI is InChI=1S/C22H25N3O3/c1-22(2,3)28-21(26)25-10-11-27-14-19(25)20-23-13-18(24-20)17-9-8-15-6-4-5-7-16(15)12-17/h4-9,12-13,19H,10-11,14H2,1-3H3,(H,23,24). The summed E-state index contributed by atoms with van der Waals surface area (Å²) in [5.74, 6) is 0.703. The van der Waals surface area contributed by atoms with Gasteiger partial charge in [0, 0.05) is 12.1 Å². The zero-order valence-electron chi connectivity index (χ0n) is 16.4. The number of imidazole rings is 1. The molecule has 4 rings (SSSR count). The summed E-state index contributed by atoms with van der Waals surface area (Å²) < 4.78 is 11.2. The lowest BCUT2D eigenvalue weighted by Crippen LogP contribution is -2.46. The van der Waals surface area contributed by atoms with Crippen LogP contribution in [0, 0.1) is 0 Å². The number of nitrogens with zero attached hydrogens (tertiary/aromatic N) is 2. The van der Waals surface area contributed by atoms with E-state index < -0.39 is 5.60 Å². The van der Waals surface area contributed by atoms with Crippen LogP contribution in [0.15, 0.2) is 48.7 Å². The first kappa shape index (κ1) is 18.5. The van der Waals surface area contributed by atoms with Gasteiger partial charge in [0.25, 0.3) is 0 Å². The van der Waals surface area contributed by atoms with Gasteiger partial charge in [0.05, 0.1) is 25.1 Å². The summed E-state index contributed by atoms with van der Waals surface area (Å²) in [4.78, 5) is 22.2. The number of nitrogens with one attached hydrogen (secondary N) is 1. The van der Waals surface area contributed by atoms with E-state index in [-0.39, 0.29) is 12.1 Å². The molecule has 1 amide bonds. The Morgan fingerprint density at radius 1 is 1.21 bits per heavy atom. The predicted molar refractivity (Wildman–Crippen MR) is 108 cm³/mol. The number of aromatic nitrogens is 2. The minimum atomic E-state index is -0.542. The molecule has 0 radical (unpaired) electrons. The highest BCUT2D eigenvalue weighted by molar-refractivity contribution is 5.86. The van der Waals surface area contributed by atoms with Crippen molar-refractivity contribution in [2.75, 3.05) is 19.8 Å². The monoisotopic (exact) mass is 379 g/mol. The number of hydrogen-bond donors (Lipinski definition) is 1. The Balaban J connectivity index is 1.60. The van der Waals surface area contributed by atoms with Crippen molar-refractivity contribution in [3.8, 4) is 11.3 Å². The Labute approximate surface area is 164 Å². The molecule has 1 aliphatic rings. The lowest BCUT2D eigenvalue weighted by atomic mass is 10.1. The summed E-state index contributed by atoms with van der Waals surface area (Å²) in [5.41, 5.74) is 1.42. The fraction of sp³-hybridized carbons (Fsp3) is 0.364. The fourth-order valence-corrected chi connectivity index (χ4v) is 3.38. The Morgan fingerprint density at radius 3 is 2.79 bits per heavy atom. The van der Waals surface area contributed by atoms with Crippen molar-refractivity contribution in [2.45, 2.75) is 32.4 Å². The molecule has 3 aromatic rings. The van der Waals surface area contributed by atoms with Gasteiger partial charge < -0.3 is 14.5 Å². The first-order valence-corrected chi connectivity index (χ1v) is 9.52. The highest BCUT2D eigenvalue weighted by Gasteiger charge is 2.33. The molecule has 1 N–H and O–H groups in total. The molecule has 28 heavy (non-hydrogen) atoms. The van der Waals surface area contributed by atoms with Crippen LogP contribution in [0.25, 0.3) is 22.0 Å². The largest absolute Gasteiger partial charge is 0.444 e. The van der Waals surface area contributed by atoms with Crippen LogP contribution in [-0.2, 0) is 9.47 Å². The van der Waals surface area contributed by atoms with Crippen LogP contribution in [0.2, 0.25) is 0 Å². The number of benzene rings is 2. The topological polar surface area (TPSA) is 67.4 Å². The second kappa shape index (κ2) is 7.28. The van der Waals surface area contributed by atoms with Crippen LogP contribution >= 0.6 is 0 Å². The third-order valence-electron chi connectivity index (χ3n) is 4.73. The SMILES string of the molecule is CC(C)(C)OC(=O)N1CCOCC1c1ncc(-c2ccc3ccccc3c2)[nH]1. The minimum Gasteiger partial charge on any atom is -0.444 e. The van der Waals surface area contributed by atoms with Gasteiger partial charge in [-0.15, -0.1) is 0 Å². The van der Waals surface area contributed by atoms with E-state index in [9.17, 15) is 4.79 Å². The van der Waals surface area contributed by atoms with Gasteiger partial charge in [-0.05, 0) is 37.6 Å². The van der Waals surface area contributed by atoms with E-state index in [0.29, 0.717) is 25.6 Å². The van der Waals surface area contributed by atoms with Crippen LogP contribution < -0.4 is 0 Å². The van der Waals surface area contributed by atoms with E-state index >= 15 is 0 Å². The van der Waals surface area contributed by atoms with E-state index in [1.54, 1.807) is 11.1 Å². The van der Waals surface area contributed by atoms with Crippen molar-refractivity contribution >= 4 is 16.9 Å². The summed E-state index contributed by atoms with van der Waals surface area (Å²) in [6.45, 7) is 6.96. The van der Waals surface area contributed by atoms with Gasteiger partial charge >= 0.3 is 6.09 Å². The van der Waals surface area contributed by atoms with E-state index in [2.05, 4.69) is 40.3 Å². The Kier molecular flexibility index (Phi) is 4.81. The zero-order chi connectivity index (χ0) is 19.7. The van der Waals surface area contributed by atoms with E-state index in [1.165, 1.54) is 10.8 Å². The molecule has 1 aliphatic heterocycles. The molecule has 2 heterocycles. The smallest absolute Gasteiger partial charge is 0.411 e. The number of ether oxygens (including phenoxy) is 2. The molecular formula is C22H25N3O3. The second-order valence-electron chi connectivity index (χ2n) is 8.01. The third kappa shape index (κ3) is 3.87. The molecule has 0 aliphatic carbocycles. The van der Waals surface area contributed by atoms with Crippen molar-refractivity contribution in [1.82, 2.24) is 14.9 Å². The first-order chi connectivity index (χ1) is 13.4. The van der Waals surface area contributed by atoms with Gasteiger partial charge in [-0.3, -0.25) is 4.90 Å². The van der Waals surface area contributed by atoms with Gasteiger partial charge in [-0.25, -0.2) is 9.78 Å². The number of hydrogen-bond acceptors (Lipinski definition) is 4. The molecule has 1 fully saturated rings. The number of aromatic amines is 1. The van der Waals surface area contributed by atoms with E-state index in [4.69, 9.17) is 9.47 Å². The van der Waals surface area contributed by atoms with Crippen LogP contribution in [0.4, 0.5) is 4.79 Å². The number of H-pyrrole nitrogens is 1. The highest BCUT2D eigenvalue weighted by Crippen LogP contribution is 2.28. The van der Waals surface area contributed by atoms with Gasteiger partial charge in [0.1, 0.15) is 17.5 Å². The molecular weight excluding hydrogens is 354 g/mol. The van der Waals surface area contributed by atoms with Gasteiger partial charge in [-0.2, -0.15) is 0 Å². The highest BCUT2D eigenvalue weighted by atomic mass is 16.6. The number of amides is 1. The molecule has 0 saturated carbocycles. The van der Waals surface area contributed by atoms with Crippen molar-refractivity contribution < 1.29 is 14.3 Å². The second-order valence-corrected chi connectivity index (χ2v) is 8.01. The third-order valence-corrected chi connectivity index (χ3v) is 4.73. The first-order valence-electron chi connectivity index (χ1n) is 9.52. The molecule has 1 saturated heterocycles. The van der Waals surface area contributed by atoms with E-state index in [0.717, 1.165) is 11.3 Å². The van der Waals surface area contributed by atoms with Crippen molar-refractivity contribution in [3.63, 3.8) is 0 Å². The Morgan fingerprint density at radius 2 is 2.00 bits per heavy atom. The number of morpholine rings is 1. The molecule has 1 unspecified atom stereocenters. The Hall–Kier alpha value is -2.86. The lowest BCUT2D eigenvalue weighted by molar-refractivity contribution is -0.0349. The summed E-state index contributed by atoms with van der Waals surface area (Å²) >= 11 is 0. The molecule has 6 heteroatoms. The van der Waals surface area contributed by atoms with Crippen molar-refractivity contribution in [3.05, 3.63) is 54.5 Å². The van der Waals surface area contributed by atoms with Gasteiger partial charge in [0.2, 0.25) is 0 Å². The van der Waals surface area contributed by atoms with Crippen LogP contribution in [0.5, 0.6) is 0 Å². The molecule has 0 bridgehead atoms. The van der Waals surface area contributed by atoms with Crippen LogP contribution in [0.3, 0.4) is 0 Å². The molecule has 1 atom stereocenters. The van der Waals surface area contributed by atoms with Crippen LogP contribution in [-0.4, -0.2) is 46.3 Å². The minimum absolute atomic E-state index is 0.294. The maximum absolute atomic E-state index is 12.6. The van der Waals surface area contributed by atoms with Crippen molar-refractivity contribution in [2.24, 2.45) is 0 Å². The fourth-order valence-electron chi connectivity index (χ4n) is 3.38. The van der Waals surface area contributed by atoms with Gasteiger partial charge in [-0.1, -0.05) is 36.4 Å². The summed E-state index contributed by atoms with van der Waals surface area (Å²) in [7, 11) is 0. The normalized spacial score (nSPS) is 17.7. The molecule has 1 aromatic heterocycles.